The molecule has 1 aromatic rings. The van der Waals surface area contributed by atoms with Crippen LogP contribution in [0.2, 0.25) is 0 Å². The fraction of sp³-hybridized carbons (Fsp3) is 0.478. The normalized spacial score (nSPS) is 32.8. The molecule has 3 heteroatoms. The maximum absolute atomic E-state index is 13.3. The molecule has 3 nitrogen and oxygen atoms in total. The van der Waals surface area contributed by atoms with Crippen LogP contribution < -0.4 is 4.90 Å². The third-order valence-electron chi connectivity index (χ3n) is 7.03. The van der Waals surface area contributed by atoms with Crippen LogP contribution in [0.1, 0.15) is 43.2 Å². The Kier molecular flexibility index (Phi) is 3.50. The van der Waals surface area contributed by atoms with Gasteiger partial charge < -0.3 is 0 Å². The van der Waals surface area contributed by atoms with Gasteiger partial charge in [0, 0.05) is 11.8 Å². The topological polar surface area (TPSA) is 37.4 Å². The maximum atomic E-state index is 13.3. The molecule has 1 aromatic carbocycles. The molecule has 134 valence electrons. The highest BCUT2D eigenvalue weighted by molar-refractivity contribution is 6.23. The predicted molar refractivity (Wildman–Crippen MR) is 102 cm³/mol. The minimum absolute atomic E-state index is 0.00834. The van der Waals surface area contributed by atoms with Gasteiger partial charge in [-0.05, 0) is 62.8 Å². The zero-order valence-corrected chi connectivity index (χ0v) is 15.5. The van der Waals surface area contributed by atoms with E-state index in [9.17, 15) is 9.59 Å². The van der Waals surface area contributed by atoms with E-state index in [1.54, 1.807) is 5.57 Å². The van der Waals surface area contributed by atoms with Crippen LogP contribution in [0, 0.1) is 37.5 Å². The number of hydrogen-bond donors (Lipinski definition) is 0. The summed E-state index contributed by atoms with van der Waals surface area (Å²) in [5, 5.41) is 0. The summed E-state index contributed by atoms with van der Waals surface area (Å²) >= 11 is 0. The molecule has 1 saturated heterocycles. The molecule has 0 aromatic heterocycles. The first kappa shape index (κ1) is 16.0. The van der Waals surface area contributed by atoms with Crippen LogP contribution in [0.4, 0.5) is 5.69 Å². The van der Waals surface area contributed by atoms with Crippen molar-refractivity contribution in [2.45, 2.75) is 46.0 Å². The number of nitrogens with zero attached hydrogens (tertiary/aromatic N) is 1. The molecule has 0 spiro atoms. The highest BCUT2D eigenvalue weighted by Crippen LogP contribution is 2.58. The average molecular weight is 347 g/mol. The SMILES string of the molecule is Cc1ccc(N2C(=O)[C@@H]3[C@@H](C2=O)[C@H]2C=C[C@@H]3C2=C2CCCCC2)cc1C. The zero-order valence-electron chi connectivity index (χ0n) is 15.5. The largest absolute Gasteiger partial charge is 0.274 e. The first-order valence-corrected chi connectivity index (χ1v) is 9.93. The van der Waals surface area contributed by atoms with Crippen molar-refractivity contribution in [3.8, 4) is 0 Å². The summed E-state index contributed by atoms with van der Waals surface area (Å²) in [7, 11) is 0. The Morgan fingerprint density at radius 2 is 1.46 bits per heavy atom. The molecule has 0 radical (unpaired) electrons. The standard InChI is InChI=1S/C23H25NO2/c1-13-8-9-16(12-14(13)2)24-22(25)20-17-10-11-18(21(20)23(24)26)19(17)15-6-4-3-5-7-15/h8-12,17-18,20-21H,3-7H2,1-2H3/t17-,18+,20-,21-/m0/s1. The van der Waals surface area contributed by atoms with Crippen LogP contribution in [0.15, 0.2) is 41.5 Å². The Bertz CT molecular complexity index is 836. The number of imide groups is 1. The minimum Gasteiger partial charge on any atom is -0.274 e. The van der Waals surface area contributed by atoms with Gasteiger partial charge in [-0.1, -0.05) is 35.8 Å². The van der Waals surface area contributed by atoms with Crippen LogP contribution in [0.3, 0.4) is 0 Å². The minimum atomic E-state index is -0.177. The van der Waals surface area contributed by atoms with E-state index in [0.717, 1.165) is 24.1 Å². The molecule has 4 aliphatic rings. The van der Waals surface area contributed by atoms with Crippen molar-refractivity contribution in [2.75, 3.05) is 4.90 Å². The van der Waals surface area contributed by atoms with Crippen molar-refractivity contribution in [3.05, 3.63) is 52.6 Å². The molecule has 1 aliphatic heterocycles. The molecule has 0 unspecified atom stereocenters. The Morgan fingerprint density at radius 1 is 0.846 bits per heavy atom. The van der Waals surface area contributed by atoms with Gasteiger partial charge in [0.2, 0.25) is 11.8 Å². The Morgan fingerprint density at radius 3 is 2.04 bits per heavy atom. The van der Waals surface area contributed by atoms with Gasteiger partial charge in [-0.2, -0.15) is 0 Å². The summed E-state index contributed by atoms with van der Waals surface area (Å²) in [4.78, 5) is 28.0. The van der Waals surface area contributed by atoms with E-state index in [4.69, 9.17) is 0 Å². The first-order valence-electron chi connectivity index (χ1n) is 9.93. The van der Waals surface area contributed by atoms with Crippen LogP contribution in [-0.2, 0) is 9.59 Å². The smallest absolute Gasteiger partial charge is 0.238 e. The summed E-state index contributed by atoms with van der Waals surface area (Å²) < 4.78 is 0. The van der Waals surface area contributed by atoms with E-state index in [0.29, 0.717) is 0 Å². The number of carbonyl (C=O) groups is 2. The number of benzene rings is 1. The fourth-order valence-corrected chi connectivity index (χ4v) is 5.62. The second kappa shape index (κ2) is 5.67. The summed E-state index contributed by atoms with van der Waals surface area (Å²) in [5.41, 5.74) is 6.01. The number of rotatable bonds is 1. The van der Waals surface area contributed by atoms with Crippen LogP contribution in [0.5, 0.6) is 0 Å². The van der Waals surface area contributed by atoms with Gasteiger partial charge in [0.1, 0.15) is 0 Å². The molecule has 0 N–H and O–H groups in total. The number of fused-ring (bicyclic) bond motifs is 5. The quantitative estimate of drug-likeness (QED) is 0.555. The van der Waals surface area contributed by atoms with E-state index < -0.39 is 0 Å². The summed E-state index contributed by atoms with van der Waals surface area (Å²) in [6.45, 7) is 4.08. The van der Waals surface area contributed by atoms with Crippen molar-refractivity contribution in [3.63, 3.8) is 0 Å². The molecule has 4 atom stereocenters. The van der Waals surface area contributed by atoms with E-state index in [1.807, 2.05) is 32.0 Å². The van der Waals surface area contributed by atoms with Crippen LogP contribution in [-0.4, -0.2) is 11.8 Å². The molecule has 2 saturated carbocycles. The second-order valence-electron chi connectivity index (χ2n) is 8.39. The second-order valence-corrected chi connectivity index (χ2v) is 8.39. The van der Waals surface area contributed by atoms with Gasteiger partial charge in [0.15, 0.2) is 0 Å². The number of amides is 2. The number of anilines is 1. The number of aryl methyl sites for hydroxylation is 2. The van der Waals surface area contributed by atoms with Crippen molar-refractivity contribution in [1.82, 2.24) is 0 Å². The molecule has 2 bridgehead atoms. The lowest BCUT2D eigenvalue weighted by molar-refractivity contribution is -0.122. The van der Waals surface area contributed by atoms with Crippen molar-refractivity contribution in [1.29, 1.82) is 0 Å². The highest BCUT2D eigenvalue weighted by atomic mass is 16.2. The van der Waals surface area contributed by atoms with Gasteiger partial charge in [-0.25, -0.2) is 4.90 Å². The van der Waals surface area contributed by atoms with E-state index >= 15 is 0 Å². The van der Waals surface area contributed by atoms with Gasteiger partial charge in [-0.15, -0.1) is 0 Å². The van der Waals surface area contributed by atoms with Crippen molar-refractivity contribution >= 4 is 17.5 Å². The van der Waals surface area contributed by atoms with Gasteiger partial charge in [0.05, 0.1) is 17.5 Å². The first-order chi connectivity index (χ1) is 12.6. The lowest BCUT2D eigenvalue weighted by atomic mass is 9.85. The predicted octanol–water partition coefficient (Wildman–Crippen LogP) is 4.49. The Hall–Kier alpha value is -2.16. The van der Waals surface area contributed by atoms with Gasteiger partial charge >= 0.3 is 0 Å². The Labute approximate surface area is 154 Å². The Balaban J connectivity index is 1.53. The van der Waals surface area contributed by atoms with Crippen LogP contribution >= 0.6 is 0 Å². The monoisotopic (exact) mass is 347 g/mol. The van der Waals surface area contributed by atoms with E-state index in [2.05, 4.69) is 12.2 Å². The molecule has 1 heterocycles. The number of allylic oxidation sites excluding steroid dienone is 4. The summed E-state index contributed by atoms with van der Waals surface area (Å²) in [6.07, 6.45) is 10.6. The number of carbonyl (C=O) groups excluding carboxylic acids is 2. The molecule has 2 amide bonds. The summed E-state index contributed by atoms with van der Waals surface area (Å²) in [5.74, 6) is -0.0210. The molecule has 3 fully saturated rings. The molecular weight excluding hydrogens is 322 g/mol. The third-order valence-corrected chi connectivity index (χ3v) is 7.03. The van der Waals surface area contributed by atoms with Crippen molar-refractivity contribution < 1.29 is 9.59 Å². The fourth-order valence-electron chi connectivity index (χ4n) is 5.62. The van der Waals surface area contributed by atoms with Gasteiger partial charge in [0.25, 0.3) is 0 Å². The number of hydrogen-bond acceptors (Lipinski definition) is 2. The average Bonchev–Trinajstić information content (AvgIpc) is 3.28. The van der Waals surface area contributed by atoms with E-state index in [-0.39, 0.29) is 35.5 Å². The maximum Gasteiger partial charge on any atom is 0.238 e. The molecule has 26 heavy (non-hydrogen) atoms. The summed E-state index contributed by atoms with van der Waals surface area (Å²) in [6, 6.07) is 5.89. The molecular formula is C23H25NO2. The van der Waals surface area contributed by atoms with Crippen molar-refractivity contribution in [2.24, 2.45) is 23.7 Å². The lowest BCUT2D eigenvalue weighted by Gasteiger charge is -2.23. The zero-order chi connectivity index (χ0) is 18.0. The third kappa shape index (κ3) is 2.06. The van der Waals surface area contributed by atoms with Gasteiger partial charge in [-0.3, -0.25) is 9.59 Å². The lowest BCUT2D eigenvalue weighted by Crippen LogP contribution is -2.33. The highest BCUT2D eigenvalue weighted by Gasteiger charge is 2.62. The van der Waals surface area contributed by atoms with E-state index in [1.165, 1.54) is 35.3 Å². The molecule has 5 rings (SSSR count). The molecule has 3 aliphatic carbocycles. The van der Waals surface area contributed by atoms with Crippen LogP contribution in [0.25, 0.3) is 0 Å².